The molecule has 0 aliphatic carbocycles. The molecule has 1 aliphatic rings. The average Bonchev–Trinajstić information content (AvgIpc) is 3.44. The molecule has 9 nitrogen and oxygen atoms in total. The fraction of sp³-hybridized carbons (Fsp3) is 0.0870. The Kier molecular flexibility index (Phi) is 6.65. The number of nitro groups is 1. The summed E-state index contributed by atoms with van der Waals surface area (Å²) in [5, 5.41) is 19.8. The summed E-state index contributed by atoms with van der Waals surface area (Å²) in [6, 6.07) is 16.9. The van der Waals surface area contributed by atoms with Gasteiger partial charge >= 0.3 is 0 Å². The first-order valence-corrected chi connectivity index (χ1v) is 10.6. The number of hydrogen-bond acceptors (Lipinski definition) is 8. The second-order valence-electron chi connectivity index (χ2n) is 6.80. The highest BCUT2D eigenvalue weighted by Gasteiger charge is 2.34. The Morgan fingerprint density at radius 1 is 1.18 bits per heavy atom. The molecule has 33 heavy (non-hydrogen) atoms. The van der Waals surface area contributed by atoms with Crippen LogP contribution in [0.15, 0.2) is 86.5 Å². The Balaban J connectivity index is 1.64. The van der Waals surface area contributed by atoms with Gasteiger partial charge in [0.25, 0.3) is 11.6 Å². The molecule has 1 amide bonds. The summed E-state index contributed by atoms with van der Waals surface area (Å²) in [4.78, 5) is 25.5. The monoisotopic (exact) mass is 462 g/mol. The molecular formula is C23H18N4O5S. The van der Waals surface area contributed by atoms with Crippen LogP contribution in [0.5, 0.6) is 5.75 Å². The third-order valence-corrected chi connectivity index (χ3v) is 5.64. The van der Waals surface area contributed by atoms with Crippen molar-refractivity contribution in [3.63, 3.8) is 0 Å². The van der Waals surface area contributed by atoms with Gasteiger partial charge in [0.15, 0.2) is 5.17 Å². The van der Waals surface area contributed by atoms with Gasteiger partial charge in [-0.15, -0.1) is 5.10 Å². The summed E-state index contributed by atoms with van der Waals surface area (Å²) >= 11 is 1.13. The average molecular weight is 462 g/mol. The van der Waals surface area contributed by atoms with Gasteiger partial charge < -0.3 is 9.15 Å². The maximum atomic E-state index is 13.1. The van der Waals surface area contributed by atoms with Crippen LogP contribution in [0.4, 0.5) is 5.69 Å². The van der Waals surface area contributed by atoms with Gasteiger partial charge in [0.1, 0.15) is 11.5 Å². The van der Waals surface area contributed by atoms with E-state index < -0.39 is 4.92 Å². The number of hydrogen-bond donors (Lipinski definition) is 0. The van der Waals surface area contributed by atoms with Gasteiger partial charge in [-0.25, -0.2) is 0 Å². The first-order valence-electron chi connectivity index (χ1n) is 9.77. The minimum absolute atomic E-state index is 0.0532. The van der Waals surface area contributed by atoms with Crippen molar-refractivity contribution in [2.45, 2.75) is 6.54 Å². The molecule has 2 aromatic carbocycles. The van der Waals surface area contributed by atoms with E-state index in [9.17, 15) is 14.9 Å². The molecule has 1 saturated heterocycles. The Bertz CT molecular complexity index is 1270. The van der Waals surface area contributed by atoms with Crippen LogP contribution in [0.3, 0.4) is 0 Å². The Hall–Kier alpha value is -4.18. The Morgan fingerprint density at radius 2 is 2.03 bits per heavy atom. The SMILES string of the molecule is COc1ccccc1/C=N\N=C1\S/C(=C\c2cccc([N+](=O)[O-])c2)C(=O)N1Cc1ccco1. The van der Waals surface area contributed by atoms with E-state index in [1.807, 2.05) is 24.3 Å². The first-order chi connectivity index (χ1) is 16.0. The number of ether oxygens (including phenoxy) is 1. The van der Waals surface area contributed by atoms with Gasteiger partial charge in [-0.2, -0.15) is 5.10 Å². The van der Waals surface area contributed by atoms with E-state index in [4.69, 9.17) is 9.15 Å². The first kappa shape index (κ1) is 22.0. The van der Waals surface area contributed by atoms with Crippen LogP contribution in [0.1, 0.15) is 16.9 Å². The van der Waals surface area contributed by atoms with Crippen molar-refractivity contribution in [2.24, 2.45) is 10.2 Å². The molecule has 4 rings (SSSR count). The standard InChI is InChI=1S/C23H18N4O5S/c1-31-20-10-3-2-7-17(20)14-24-25-23-26(15-19-9-5-11-32-19)22(28)21(33-23)13-16-6-4-8-18(12-16)27(29)30/h2-14H,15H2,1H3/b21-13-,24-14-,25-23+. The predicted molar refractivity (Wildman–Crippen MR) is 126 cm³/mol. The smallest absolute Gasteiger partial charge is 0.270 e. The second-order valence-corrected chi connectivity index (χ2v) is 7.81. The zero-order valence-corrected chi connectivity index (χ0v) is 18.3. The van der Waals surface area contributed by atoms with Gasteiger partial charge in [0.2, 0.25) is 0 Å². The number of amidine groups is 1. The van der Waals surface area contributed by atoms with E-state index in [1.54, 1.807) is 43.7 Å². The highest BCUT2D eigenvalue weighted by molar-refractivity contribution is 8.18. The largest absolute Gasteiger partial charge is 0.496 e. The molecule has 0 unspecified atom stereocenters. The quantitative estimate of drug-likeness (QED) is 0.218. The Labute approximate surface area is 193 Å². The zero-order chi connectivity index (χ0) is 23.2. The maximum absolute atomic E-state index is 13.1. The molecule has 0 spiro atoms. The third kappa shape index (κ3) is 5.18. The second kappa shape index (κ2) is 9.96. The van der Waals surface area contributed by atoms with Gasteiger partial charge in [-0.3, -0.25) is 19.8 Å². The molecule has 1 aromatic heterocycles. The predicted octanol–water partition coefficient (Wildman–Crippen LogP) is 4.70. The number of carbonyl (C=O) groups excluding carboxylic acids is 1. The molecular weight excluding hydrogens is 444 g/mol. The van der Waals surface area contributed by atoms with Crippen LogP contribution in [-0.4, -0.2) is 34.2 Å². The van der Waals surface area contributed by atoms with E-state index in [2.05, 4.69) is 10.2 Å². The number of furan rings is 1. The van der Waals surface area contributed by atoms with Crippen LogP contribution in [0.2, 0.25) is 0 Å². The number of non-ortho nitro benzene ring substituents is 1. The number of nitrogens with zero attached hydrogens (tertiary/aromatic N) is 4. The molecule has 1 aliphatic heterocycles. The number of benzene rings is 2. The van der Waals surface area contributed by atoms with E-state index in [1.165, 1.54) is 23.3 Å². The number of rotatable bonds is 7. The summed E-state index contributed by atoms with van der Waals surface area (Å²) < 4.78 is 10.7. The normalized spacial score (nSPS) is 16.3. The maximum Gasteiger partial charge on any atom is 0.270 e. The summed E-state index contributed by atoms with van der Waals surface area (Å²) in [6.07, 6.45) is 4.67. The van der Waals surface area contributed by atoms with Crippen molar-refractivity contribution in [3.8, 4) is 5.75 Å². The van der Waals surface area contributed by atoms with Gasteiger partial charge in [0.05, 0.1) is 36.0 Å². The highest BCUT2D eigenvalue weighted by atomic mass is 32.2. The van der Waals surface area contributed by atoms with Crippen LogP contribution in [0.25, 0.3) is 6.08 Å². The van der Waals surface area contributed by atoms with Gasteiger partial charge in [-0.05, 0) is 47.7 Å². The minimum atomic E-state index is -0.478. The van der Waals surface area contributed by atoms with Crippen molar-refractivity contribution in [1.29, 1.82) is 0 Å². The van der Waals surface area contributed by atoms with E-state index in [-0.39, 0.29) is 18.1 Å². The number of amides is 1. The fourth-order valence-corrected chi connectivity index (χ4v) is 4.01. The number of carbonyl (C=O) groups is 1. The van der Waals surface area contributed by atoms with Gasteiger partial charge in [0, 0.05) is 17.7 Å². The molecule has 10 heteroatoms. The third-order valence-electron chi connectivity index (χ3n) is 4.64. The fourth-order valence-electron chi connectivity index (χ4n) is 3.07. The lowest BCUT2D eigenvalue weighted by molar-refractivity contribution is -0.384. The Morgan fingerprint density at radius 3 is 2.79 bits per heavy atom. The van der Waals surface area contributed by atoms with Crippen LogP contribution >= 0.6 is 11.8 Å². The minimum Gasteiger partial charge on any atom is -0.496 e. The van der Waals surface area contributed by atoms with Gasteiger partial charge in [-0.1, -0.05) is 24.3 Å². The summed E-state index contributed by atoms with van der Waals surface area (Å²) in [5.74, 6) is 0.936. The molecule has 0 bridgehead atoms. The van der Waals surface area contributed by atoms with Crippen molar-refractivity contribution in [1.82, 2.24) is 4.90 Å². The lowest BCUT2D eigenvalue weighted by Gasteiger charge is -2.12. The van der Waals surface area contributed by atoms with E-state index in [0.29, 0.717) is 27.1 Å². The molecule has 0 saturated carbocycles. The van der Waals surface area contributed by atoms with Crippen LogP contribution < -0.4 is 4.74 Å². The highest BCUT2D eigenvalue weighted by Crippen LogP contribution is 2.34. The molecule has 0 atom stereocenters. The lowest BCUT2D eigenvalue weighted by atomic mass is 10.2. The van der Waals surface area contributed by atoms with Crippen LogP contribution in [0, 0.1) is 10.1 Å². The topological polar surface area (TPSA) is 111 Å². The summed E-state index contributed by atoms with van der Waals surface area (Å²) in [7, 11) is 1.57. The molecule has 3 aromatic rings. The van der Waals surface area contributed by atoms with Crippen molar-refractivity contribution < 1.29 is 18.9 Å². The van der Waals surface area contributed by atoms with E-state index >= 15 is 0 Å². The van der Waals surface area contributed by atoms with Crippen molar-refractivity contribution >= 4 is 40.8 Å². The lowest BCUT2D eigenvalue weighted by Crippen LogP contribution is -2.28. The molecule has 0 radical (unpaired) electrons. The van der Waals surface area contributed by atoms with Crippen LogP contribution in [-0.2, 0) is 11.3 Å². The molecule has 2 heterocycles. The van der Waals surface area contributed by atoms with Crippen molar-refractivity contribution in [2.75, 3.05) is 7.11 Å². The number of para-hydroxylation sites is 1. The zero-order valence-electron chi connectivity index (χ0n) is 17.5. The summed E-state index contributed by atoms with van der Waals surface area (Å²) in [5.41, 5.74) is 1.22. The van der Waals surface area contributed by atoms with E-state index in [0.717, 1.165) is 17.3 Å². The van der Waals surface area contributed by atoms with Crippen molar-refractivity contribution in [3.05, 3.63) is 98.8 Å². The number of methoxy groups -OCH3 is 1. The molecule has 166 valence electrons. The summed E-state index contributed by atoms with van der Waals surface area (Å²) in [6.45, 7) is 0.175. The molecule has 1 fully saturated rings. The number of nitro benzene ring substituents is 1. The number of thioether (sulfide) groups is 1. The molecule has 0 N–H and O–H groups in total.